The third-order valence-corrected chi connectivity index (χ3v) is 7.69. The van der Waals surface area contributed by atoms with Crippen LogP contribution < -0.4 is 0 Å². The lowest BCUT2D eigenvalue weighted by atomic mass is 10.0. The molecule has 3 rings (SSSR count). The molecule has 140 valence electrons. The topological polar surface area (TPSA) is 49.9 Å². The van der Waals surface area contributed by atoms with Gasteiger partial charge in [0.15, 0.2) is 0 Å². The van der Waals surface area contributed by atoms with Crippen molar-refractivity contribution < 1.29 is 13.2 Å². The van der Waals surface area contributed by atoms with Crippen molar-refractivity contribution in [1.82, 2.24) is 9.21 Å². The summed E-state index contributed by atoms with van der Waals surface area (Å²) in [5.41, 5.74) is 2.79. The summed E-state index contributed by atoms with van der Waals surface area (Å²) < 4.78 is 33.7. The summed E-state index contributed by atoms with van der Waals surface area (Å²) in [6.07, 6.45) is 3.14. The highest BCUT2D eigenvalue weighted by Gasteiger charge is 2.34. The number of sulfonamides is 1. The van der Waals surface area contributed by atoms with Crippen molar-refractivity contribution in [2.45, 2.75) is 64.0 Å². The van der Waals surface area contributed by atoms with Crippen molar-refractivity contribution in [2.75, 3.05) is 26.4 Å². The summed E-state index contributed by atoms with van der Waals surface area (Å²) in [5.74, 6) is 0. The lowest BCUT2D eigenvalue weighted by molar-refractivity contribution is -0.0829. The minimum atomic E-state index is -3.42. The maximum absolute atomic E-state index is 13.2. The van der Waals surface area contributed by atoms with Crippen molar-refractivity contribution in [1.29, 1.82) is 0 Å². The third kappa shape index (κ3) is 3.92. The molecule has 1 atom stereocenters. The monoisotopic (exact) mass is 366 g/mol. The van der Waals surface area contributed by atoms with Crippen LogP contribution in [0.4, 0.5) is 0 Å². The zero-order valence-electron chi connectivity index (χ0n) is 15.8. The normalized spacial score (nSPS) is 24.6. The Bertz CT molecular complexity index is 693. The molecule has 2 aliphatic heterocycles. The van der Waals surface area contributed by atoms with Crippen molar-refractivity contribution in [2.24, 2.45) is 0 Å². The van der Waals surface area contributed by atoms with Crippen LogP contribution in [0.25, 0.3) is 0 Å². The molecule has 2 heterocycles. The number of piperidine rings is 1. The van der Waals surface area contributed by atoms with Crippen LogP contribution in [0.1, 0.15) is 42.9 Å². The zero-order chi connectivity index (χ0) is 18.2. The van der Waals surface area contributed by atoms with E-state index in [4.69, 9.17) is 4.74 Å². The Balaban J connectivity index is 1.70. The zero-order valence-corrected chi connectivity index (χ0v) is 16.6. The molecule has 2 aliphatic rings. The molecule has 6 heteroatoms. The van der Waals surface area contributed by atoms with Gasteiger partial charge in [-0.25, -0.2) is 8.42 Å². The van der Waals surface area contributed by atoms with E-state index in [1.165, 1.54) is 0 Å². The lowest BCUT2D eigenvalue weighted by Crippen LogP contribution is -2.50. The number of ether oxygens (including phenoxy) is 1. The number of hydrogen-bond acceptors (Lipinski definition) is 4. The molecule has 1 aromatic rings. The SMILES string of the molecule is Cc1cc(C)c(S(=O)(=O)N2CCC(N3CCC(C)OC3)CC2)c(C)c1. The molecule has 0 bridgehead atoms. The van der Waals surface area contributed by atoms with Gasteiger partial charge in [-0.15, -0.1) is 0 Å². The van der Waals surface area contributed by atoms with Crippen LogP contribution in [0, 0.1) is 20.8 Å². The third-order valence-electron chi connectivity index (χ3n) is 5.49. The lowest BCUT2D eigenvalue weighted by Gasteiger charge is -2.40. The number of hydrogen-bond donors (Lipinski definition) is 0. The van der Waals surface area contributed by atoms with Crippen LogP contribution >= 0.6 is 0 Å². The van der Waals surface area contributed by atoms with E-state index in [-0.39, 0.29) is 0 Å². The molecule has 1 unspecified atom stereocenters. The first-order valence-electron chi connectivity index (χ1n) is 9.22. The maximum Gasteiger partial charge on any atom is 0.243 e. The van der Waals surface area contributed by atoms with Crippen LogP contribution in [-0.2, 0) is 14.8 Å². The van der Waals surface area contributed by atoms with Gasteiger partial charge in [-0.3, -0.25) is 4.90 Å². The largest absolute Gasteiger partial charge is 0.363 e. The first kappa shape index (κ1) is 18.8. The number of rotatable bonds is 3. The Kier molecular flexibility index (Phi) is 5.54. The van der Waals surface area contributed by atoms with Gasteiger partial charge in [-0.1, -0.05) is 17.7 Å². The minimum absolute atomic E-state index is 0.337. The predicted molar refractivity (Wildman–Crippen MR) is 99.2 cm³/mol. The van der Waals surface area contributed by atoms with E-state index in [0.29, 0.717) is 36.9 Å². The van der Waals surface area contributed by atoms with Crippen LogP contribution in [0.2, 0.25) is 0 Å². The fraction of sp³-hybridized carbons (Fsp3) is 0.684. The van der Waals surface area contributed by atoms with Crippen LogP contribution in [0.15, 0.2) is 17.0 Å². The van der Waals surface area contributed by atoms with Gasteiger partial charge in [0, 0.05) is 25.7 Å². The van der Waals surface area contributed by atoms with Crippen LogP contribution in [0.5, 0.6) is 0 Å². The number of benzene rings is 1. The molecule has 2 saturated heterocycles. The Morgan fingerprint density at radius 3 is 2.12 bits per heavy atom. The van der Waals surface area contributed by atoms with E-state index in [0.717, 1.165) is 42.5 Å². The van der Waals surface area contributed by atoms with Gasteiger partial charge < -0.3 is 4.74 Å². The summed E-state index contributed by atoms with van der Waals surface area (Å²) >= 11 is 0. The van der Waals surface area contributed by atoms with Gasteiger partial charge in [0.05, 0.1) is 17.7 Å². The predicted octanol–water partition coefficient (Wildman–Crippen LogP) is 2.83. The highest BCUT2D eigenvalue weighted by Crippen LogP contribution is 2.29. The molecule has 0 spiro atoms. The van der Waals surface area contributed by atoms with Gasteiger partial charge in [0.1, 0.15) is 0 Å². The highest BCUT2D eigenvalue weighted by molar-refractivity contribution is 7.89. The van der Waals surface area contributed by atoms with Gasteiger partial charge in [0.2, 0.25) is 10.0 Å². The second-order valence-electron chi connectivity index (χ2n) is 7.57. The molecular formula is C19H30N2O3S. The van der Waals surface area contributed by atoms with Gasteiger partial charge in [-0.05, 0) is 58.1 Å². The number of aryl methyl sites for hydroxylation is 3. The fourth-order valence-electron chi connectivity index (χ4n) is 4.16. The second-order valence-corrected chi connectivity index (χ2v) is 9.45. The van der Waals surface area contributed by atoms with E-state index in [1.807, 2.05) is 32.9 Å². The van der Waals surface area contributed by atoms with E-state index < -0.39 is 10.0 Å². The molecule has 0 radical (unpaired) electrons. The minimum Gasteiger partial charge on any atom is -0.363 e. The number of nitrogens with zero attached hydrogens (tertiary/aromatic N) is 2. The quantitative estimate of drug-likeness (QED) is 0.825. The van der Waals surface area contributed by atoms with E-state index in [2.05, 4.69) is 11.8 Å². The van der Waals surface area contributed by atoms with Crippen LogP contribution in [0.3, 0.4) is 0 Å². The standard InChI is InChI=1S/C19H30N2O3S/c1-14-11-15(2)19(16(3)12-14)25(22,23)21-9-6-18(7-10-21)20-8-5-17(4)24-13-20/h11-12,17-18H,5-10,13H2,1-4H3. The Labute approximate surface area is 152 Å². The summed E-state index contributed by atoms with van der Waals surface area (Å²) in [7, 11) is -3.42. The molecule has 0 N–H and O–H groups in total. The summed E-state index contributed by atoms with van der Waals surface area (Å²) in [6.45, 7) is 10.8. The summed E-state index contributed by atoms with van der Waals surface area (Å²) in [6, 6.07) is 4.34. The Morgan fingerprint density at radius 1 is 1.00 bits per heavy atom. The Hall–Kier alpha value is -0.950. The van der Waals surface area contributed by atoms with Crippen molar-refractivity contribution >= 4 is 10.0 Å². The van der Waals surface area contributed by atoms with E-state index >= 15 is 0 Å². The first-order valence-corrected chi connectivity index (χ1v) is 10.7. The molecule has 0 aliphatic carbocycles. The molecule has 25 heavy (non-hydrogen) atoms. The Morgan fingerprint density at radius 2 is 1.60 bits per heavy atom. The van der Waals surface area contributed by atoms with Crippen molar-refractivity contribution in [3.63, 3.8) is 0 Å². The van der Waals surface area contributed by atoms with Gasteiger partial charge >= 0.3 is 0 Å². The molecule has 0 amide bonds. The average molecular weight is 367 g/mol. The van der Waals surface area contributed by atoms with Gasteiger partial charge in [0.25, 0.3) is 0 Å². The second kappa shape index (κ2) is 7.35. The van der Waals surface area contributed by atoms with Crippen molar-refractivity contribution in [3.8, 4) is 0 Å². The molecule has 0 saturated carbocycles. The molecule has 1 aromatic carbocycles. The average Bonchev–Trinajstić information content (AvgIpc) is 2.54. The van der Waals surface area contributed by atoms with Crippen LogP contribution in [-0.4, -0.2) is 56.1 Å². The van der Waals surface area contributed by atoms with E-state index in [9.17, 15) is 8.42 Å². The summed E-state index contributed by atoms with van der Waals surface area (Å²) in [4.78, 5) is 2.86. The molecule has 2 fully saturated rings. The fourth-order valence-corrected chi connectivity index (χ4v) is 6.04. The smallest absolute Gasteiger partial charge is 0.243 e. The molecular weight excluding hydrogens is 336 g/mol. The maximum atomic E-state index is 13.2. The molecule has 0 aromatic heterocycles. The van der Waals surface area contributed by atoms with E-state index in [1.54, 1.807) is 4.31 Å². The van der Waals surface area contributed by atoms with Crippen molar-refractivity contribution in [3.05, 3.63) is 28.8 Å². The summed E-state index contributed by atoms with van der Waals surface area (Å²) in [5, 5.41) is 0. The first-order chi connectivity index (χ1) is 11.8. The molecule has 5 nitrogen and oxygen atoms in total. The van der Waals surface area contributed by atoms with Gasteiger partial charge in [-0.2, -0.15) is 4.31 Å². The highest BCUT2D eigenvalue weighted by atomic mass is 32.2.